The predicted molar refractivity (Wildman–Crippen MR) is 58.7 cm³/mol. The lowest BCUT2D eigenvalue weighted by Gasteiger charge is -2.18. The Morgan fingerprint density at radius 3 is 2.71 bits per heavy atom. The average molecular weight is 210 g/mol. The van der Waals surface area contributed by atoms with Gasteiger partial charge in [0.25, 0.3) is 0 Å². The molecule has 1 fully saturated rings. The Hall–Kier alpha value is -0.590. The van der Waals surface area contributed by atoms with Gasteiger partial charge < -0.3 is 9.67 Å². The van der Waals surface area contributed by atoms with Crippen LogP contribution >= 0.6 is 7.14 Å². The molecule has 0 spiro atoms. The molecule has 1 N–H and O–H groups in total. The lowest BCUT2D eigenvalue weighted by molar-refractivity contribution is 0.289. The molecule has 3 heteroatoms. The maximum atomic E-state index is 12.6. The van der Waals surface area contributed by atoms with Crippen LogP contribution in [0.5, 0.6) is 0 Å². The van der Waals surface area contributed by atoms with Crippen LogP contribution in [-0.4, -0.2) is 23.5 Å². The Bertz CT molecular complexity index is 348. The number of aliphatic hydroxyl groups is 1. The maximum absolute atomic E-state index is 12.6. The maximum Gasteiger partial charge on any atom is 0.120 e. The predicted octanol–water partition coefficient (Wildman–Crippen LogP) is 1.83. The monoisotopic (exact) mass is 210 g/mol. The molecule has 0 saturated carbocycles. The highest BCUT2D eigenvalue weighted by atomic mass is 31.2. The van der Waals surface area contributed by atoms with Crippen LogP contribution in [0.1, 0.15) is 12.8 Å². The summed E-state index contributed by atoms with van der Waals surface area (Å²) >= 11 is 0. The molecule has 1 unspecified atom stereocenters. The van der Waals surface area contributed by atoms with E-state index in [4.69, 9.17) is 0 Å². The van der Waals surface area contributed by atoms with Crippen molar-refractivity contribution in [3.63, 3.8) is 0 Å². The van der Waals surface area contributed by atoms with E-state index in [0.29, 0.717) is 0 Å². The molecular weight excluding hydrogens is 195 g/mol. The van der Waals surface area contributed by atoms with Gasteiger partial charge in [0, 0.05) is 17.1 Å². The molecule has 0 aliphatic carbocycles. The van der Waals surface area contributed by atoms with Crippen molar-refractivity contribution in [3.05, 3.63) is 30.3 Å². The molecule has 1 aliphatic rings. The van der Waals surface area contributed by atoms with Crippen LogP contribution in [0.4, 0.5) is 0 Å². The van der Waals surface area contributed by atoms with Crippen molar-refractivity contribution in [1.29, 1.82) is 0 Å². The van der Waals surface area contributed by atoms with E-state index in [9.17, 15) is 9.67 Å². The van der Waals surface area contributed by atoms with Crippen LogP contribution in [0.2, 0.25) is 0 Å². The minimum Gasteiger partial charge on any atom is -0.396 e. The van der Waals surface area contributed by atoms with Crippen LogP contribution in [-0.2, 0) is 4.57 Å². The lowest BCUT2D eigenvalue weighted by atomic mass is 10.3. The highest BCUT2D eigenvalue weighted by molar-refractivity contribution is 7.72. The van der Waals surface area contributed by atoms with Crippen LogP contribution in [0.15, 0.2) is 30.3 Å². The molecule has 76 valence electrons. The standard InChI is InChI=1S/C11H15O2P/c12-9-11-7-4-8-14(11,13)10-5-2-1-3-6-10/h1-3,5-6,11-12H,4,7-9H2/t11?,14-/m1/s1. The van der Waals surface area contributed by atoms with E-state index in [1.54, 1.807) is 0 Å². The van der Waals surface area contributed by atoms with Gasteiger partial charge in [-0.25, -0.2) is 0 Å². The Balaban J connectivity index is 2.37. The normalized spacial score (nSPS) is 31.9. The molecule has 2 rings (SSSR count). The van der Waals surface area contributed by atoms with Crippen LogP contribution < -0.4 is 5.30 Å². The first kappa shape index (κ1) is 9.95. The van der Waals surface area contributed by atoms with Gasteiger partial charge in [0.15, 0.2) is 0 Å². The highest BCUT2D eigenvalue weighted by Gasteiger charge is 2.38. The van der Waals surface area contributed by atoms with Gasteiger partial charge in [0.05, 0.1) is 6.61 Å². The Kier molecular flexibility index (Phi) is 2.76. The van der Waals surface area contributed by atoms with Crippen LogP contribution in [0.3, 0.4) is 0 Å². The van der Waals surface area contributed by atoms with Crippen molar-refractivity contribution in [2.24, 2.45) is 0 Å². The quantitative estimate of drug-likeness (QED) is 0.756. The Morgan fingerprint density at radius 2 is 2.07 bits per heavy atom. The van der Waals surface area contributed by atoms with Gasteiger partial charge in [0.2, 0.25) is 0 Å². The number of aliphatic hydroxyl groups excluding tert-OH is 1. The first-order valence-corrected chi connectivity index (χ1v) is 6.99. The summed E-state index contributed by atoms with van der Waals surface area (Å²) in [5, 5.41) is 10.1. The molecule has 14 heavy (non-hydrogen) atoms. The van der Waals surface area contributed by atoms with E-state index in [2.05, 4.69) is 0 Å². The Morgan fingerprint density at radius 1 is 1.36 bits per heavy atom. The van der Waals surface area contributed by atoms with Gasteiger partial charge in [0.1, 0.15) is 7.14 Å². The fraction of sp³-hybridized carbons (Fsp3) is 0.455. The summed E-state index contributed by atoms with van der Waals surface area (Å²) in [6.45, 7) is 0.0617. The lowest BCUT2D eigenvalue weighted by Crippen LogP contribution is -2.17. The molecule has 0 radical (unpaired) electrons. The zero-order chi connectivity index (χ0) is 10.0. The summed E-state index contributed by atoms with van der Waals surface area (Å²) in [6.07, 6.45) is 2.66. The Labute approximate surface area is 84.3 Å². The zero-order valence-electron chi connectivity index (χ0n) is 8.10. The minimum atomic E-state index is -2.28. The van der Waals surface area contributed by atoms with Gasteiger partial charge in [-0.2, -0.15) is 0 Å². The summed E-state index contributed by atoms with van der Waals surface area (Å²) in [5.74, 6) is 0. The summed E-state index contributed by atoms with van der Waals surface area (Å²) in [5.41, 5.74) is 0.00454. The molecule has 0 amide bonds. The average Bonchev–Trinajstić information content (AvgIpc) is 2.62. The van der Waals surface area contributed by atoms with Crippen molar-refractivity contribution < 1.29 is 9.67 Å². The van der Waals surface area contributed by atoms with Gasteiger partial charge in [-0.3, -0.25) is 0 Å². The van der Waals surface area contributed by atoms with Crippen molar-refractivity contribution in [2.75, 3.05) is 12.8 Å². The number of rotatable bonds is 2. The fourth-order valence-electron chi connectivity index (χ4n) is 2.20. The number of hydrogen-bond acceptors (Lipinski definition) is 2. The molecule has 2 nitrogen and oxygen atoms in total. The number of hydrogen-bond donors (Lipinski definition) is 1. The van der Waals surface area contributed by atoms with E-state index in [0.717, 1.165) is 24.3 Å². The molecule has 2 atom stereocenters. The van der Waals surface area contributed by atoms with E-state index >= 15 is 0 Å². The third-order valence-electron chi connectivity index (χ3n) is 3.02. The van der Waals surface area contributed by atoms with Crippen LogP contribution in [0, 0.1) is 0 Å². The summed E-state index contributed by atoms with van der Waals surface area (Å²) in [7, 11) is -2.28. The molecule has 0 bridgehead atoms. The smallest absolute Gasteiger partial charge is 0.120 e. The van der Waals surface area contributed by atoms with E-state index < -0.39 is 7.14 Å². The fourth-order valence-corrected chi connectivity index (χ4v) is 5.43. The first-order chi connectivity index (χ1) is 6.77. The molecule has 0 aromatic heterocycles. The summed E-state index contributed by atoms with van der Waals surface area (Å²) < 4.78 is 12.6. The van der Waals surface area contributed by atoms with Gasteiger partial charge in [-0.15, -0.1) is 0 Å². The molecule has 1 aromatic carbocycles. The van der Waals surface area contributed by atoms with Crippen LogP contribution in [0.25, 0.3) is 0 Å². The van der Waals surface area contributed by atoms with Crippen molar-refractivity contribution in [3.8, 4) is 0 Å². The first-order valence-electron chi connectivity index (χ1n) is 5.02. The molecule has 1 aromatic rings. The third kappa shape index (κ3) is 1.53. The molecule has 1 aliphatic heterocycles. The topological polar surface area (TPSA) is 37.3 Å². The van der Waals surface area contributed by atoms with Crippen molar-refractivity contribution >= 4 is 12.4 Å². The second-order valence-electron chi connectivity index (χ2n) is 3.83. The summed E-state index contributed by atoms with van der Waals surface area (Å²) in [4.78, 5) is 0. The largest absolute Gasteiger partial charge is 0.396 e. The molecule has 1 saturated heterocycles. The highest BCUT2D eigenvalue weighted by Crippen LogP contribution is 2.56. The SMILES string of the molecule is O=[P@@]1(c2ccccc2)CCCC1CO. The van der Waals surface area contributed by atoms with E-state index in [-0.39, 0.29) is 12.3 Å². The van der Waals surface area contributed by atoms with E-state index in [1.165, 1.54) is 0 Å². The molecular formula is C11H15O2P. The number of benzene rings is 1. The zero-order valence-corrected chi connectivity index (χ0v) is 8.99. The van der Waals surface area contributed by atoms with Gasteiger partial charge in [-0.05, 0) is 12.8 Å². The van der Waals surface area contributed by atoms with E-state index in [1.807, 2.05) is 30.3 Å². The summed E-state index contributed by atoms with van der Waals surface area (Å²) in [6, 6.07) is 9.62. The second kappa shape index (κ2) is 3.88. The van der Waals surface area contributed by atoms with Crippen molar-refractivity contribution in [1.82, 2.24) is 0 Å². The van der Waals surface area contributed by atoms with Crippen molar-refractivity contribution in [2.45, 2.75) is 18.5 Å². The minimum absolute atomic E-state index is 0.00454. The van der Waals surface area contributed by atoms with Gasteiger partial charge in [-0.1, -0.05) is 30.3 Å². The second-order valence-corrected chi connectivity index (χ2v) is 7.12. The van der Waals surface area contributed by atoms with Gasteiger partial charge >= 0.3 is 0 Å². The molecule has 1 heterocycles. The third-order valence-corrected chi connectivity index (χ3v) is 6.78.